The van der Waals surface area contributed by atoms with Gasteiger partial charge in [-0.05, 0) is 48.6 Å². The van der Waals surface area contributed by atoms with Gasteiger partial charge in [-0.25, -0.2) is 0 Å². The van der Waals surface area contributed by atoms with Crippen LogP contribution in [0.1, 0.15) is 78.4 Å². The number of hydrogen-bond acceptors (Lipinski definition) is 19. The van der Waals surface area contributed by atoms with Crippen molar-refractivity contribution in [2.24, 2.45) is 23.5 Å². The SMILES string of the molecule is CC[C@H](C)[C@@H]1NC(=O)CNC(=O)C2Cc3c([nH]c4cc(OCc5ccc(NC(=O)[C@H](C)NC(=O)[C@@H](NC(=O)CCN6C(=O)C=CC6=O)C(C)C)cc5)ccc34)[S+]([O-])CC(NC(=O)CNC1=O)C(=O)N[C@@H](CC(N)=O)C(=O)N1C[C@H](O)C[C@H]1C(=O)N[C@@H]([C@@H](C)[C@@H](O)CO)C(=O)N2. The summed E-state index contributed by atoms with van der Waals surface area (Å²) < 4.78 is 21.3. The number of benzene rings is 2. The van der Waals surface area contributed by atoms with Crippen molar-refractivity contribution < 1.29 is 91.7 Å². The lowest BCUT2D eigenvalue weighted by molar-refractivity contribution is -0.144. The van der Waals surface area contributed by atoms with E-state index in [2.05, 4.69) is 58.2 Å². The van der Waals surface area contributed by atoms with Gasteiger partial charge in [0.25, 0.3) is 11.8 Å². The Kier molecular flexibility index (Phi) is 25.0. The molecule has 0 saturated carbocycles. The lowest BCUT2D eigenvalue weighted by atomic mass is 9.93. The third-order valence-electron chi connectivity index (χ3n) is 16.6. The summed E-state index contributed by atoms with van der Waals surface area (Å²) in [4.78, 5) is 195. The number of ether oxygens (including phenoxy) is 1. The number of nitrogens with one attached hydrogen (secondary N) is 11. The largest absolute Gasteiger partial charge is 0.610 e. The molecule has 0 aliphatic carbocycles. The number of aliphatic hydroxyl groups is 3. The quantitative estimate of drug-likeness (QED) is 0.0394. The van der Waals surface area contributed by atoms with Crippen molar-refractivity contribution >= 4 is 110 Å². The third-order valence-corrected chi connectivity index (χ3v) is 18.1. The van der Waals surface area contributed by atoms with Crippen molar-refractivity contribution in [2.75, 3.05) is 43.9 Å². The number of nitrogens with two attached hydrogens (primary N) is 1. The molecule has 0 radical (unpaired) electrons. The van der Waals surface area contributed by atoms with E-state index in [9.17, 15) is 82.4 Å². The number of hydrogen-bond donors (Lipinski definition) is 15. The number of amides is 14. The molecule has 3 unspecified atom stereocenters. The summed E-state index contributed by atoms with van der Waals surface area (Å²) in [5.74, 6) is -15.5. The Morgan fingerprint density at radius 1 is 0.779 bits per heavy atom. The first-order chi connectivity index (χ1) is 45.0. The van der Waals surface area contributed by atoms with Gasteiger partial charge in [0, 0.05) is 84.3 Å². The average Bonchev–Trinajstić information content (AvgIpc) is 1.65. The van der Waals surface area contributed by atoms with Crippen LogP contribution in [0, 0.1) is 17.8 Å². The van der Waals surface area contributed by atoms with Gasteiger partial charge in [0.2, 0.25) is 75.9 Å². The summed E-state index contributed by atoms with van der Waals surface area (Å²) in [7, 11) is 0. The molecule has 4 aliphatic rings. The molecule has 2 aromatic carbocycles. The van der Waals surface area contributed by atoms with E-state index in [4.69, 9.17) is 10.5 Å². The first-order valence-electron chi connectivity index (χ1n) is 30.8. The summed E-state index contributed by atoms with van der Waals surface area (Å²) in [6.07, 6.45) is -2.79. The van der Waals surface area contributed by atoms with Crippen molar-refractivity contribution in [2.45, 2.75) is 146 Å². The predicted octanol–water partition coefficient (Wildman–Crippen LogP) is -5.15. The van der Waals surface area contributed by atoms with Crippen LogP contribution < -0.4 is 63.6 Å². The second kappa shape index (κ2) is 32.6. The van der Waals surface area contributed by atoms with E-state index in [1.54, 1.807) is 52.0 Å². The van der Waals surface area contributed by atoms with E-state index in [-0.39, 0.29) is 46.8 Å². The second-order valence-corrected chi connectivity index (χ2v) is 25.5. The minimum absolute atomic E-state index is 0.0479. The molecule has 16 N–H and O–H groups in total. The molecule has 3 aromatic rings. The molecule has 14 amide bonds. The Hall–Kier alpha value is -9.51. The minimum Gasteiger partial charge on any atom is -0.610 e. The van der Waals surface area contributed by atoms with Crippen LogP contribution in [0.15, 0.2) is 59.6 Å². The number of carbonyl (C=O) groups is 14. The zero-order chi connectivity index (χ0) is 69.7. The molecule has 33 nitrogen and oxygen atoms in total. The summed E-state index contributed by atoms with van der Waals surface area (Å²) in [5.41, 5.74) is 6.73. The van der Waals surface area contributed by atoms with Crippen LogP contribution in [0.25, 0.3) is 10.9 Å². The molecule has 1 saturated heterocycles. The van der Waals surface area contributed by atoms with E-state index < -0.39 is 223 Å². The van der Waals surface area contributed by atoms with Gasteiger partial charge >= 0.3 is 0 Å². The first-order valence-corrected chi connectivity index (χ1v) is 32.1. The molecule has 34 heteroatoms. The van der Waals surface area contributed by atoms with Crippen LogP contribution in [-0.2, 0) is 91.3 Å². The van der Waals surface area contributed by atoms with E-state index >= 15 is 4.55 Å². The molecule has 13 atom stereocenters. The number of carbonyl (C=O) groups excluding carboxylic acids is 14. The van der Waals surface area contributed by atoms with Gasteiger partial charge in [-0.15, -0.1) is 0 Å². The summed E-state index contributed by atoms with van der Waals surface area (Å²) in [6.45, 7) is 6.07. The van der Waals surface area contributed by atoms with Crippen molar-refractivity contribution in [3.8, 4) is 5.75 Å². The molecular formula is C61H80N14O19S. The number of aromatic nitrogens is 1. The van der Waals surface area contributed by atoms with Gasteiger partial charge in [0.05, 0.1) is 43.8 Å². The lowest BCUT2D eigenvalue weighted by Gasteiger charge is -2.32. The fraction of sp³-hybridized carbons (Fsp3) is 0.508. The molecule has 1 fully saturated rings. The molecule has 95 heavy (non-hydrogen) atoms. The van der Waals surface area contributed by atoms with Crippen molar-refractivity contribution in [1.82, 2.24) is 62.6 Å². The molecule has 4 aliphatic heterocycles. The highest BCUT2D eigenvalue weighted by Crippen LogP contribution is 2.32. The fourth-order valence-electron chi connectivity index (χ4n) is 10.9. The predicted molar refractivity (Wildman–Crippen MR) is 335 cm³/mol. The smallest absolute Gasteiger partial charge is 0.253 e. The van der Waals surface area contributed by atoms with Crippen LogP contribution in [0.3, 0.4) is 0 Å². The molecule has 5 heterocycles. The molecule has 514 valence electrons. The molecular weight excluding hydrogens is 1260 g/mol. The third kappa shape index (κ3) is 18.9. The highest BCUT2D eigenvalue weighted by molar-refractivity contribution is 7.91. The molecule has 2 bridgehead atoms. The number of rotatable bonds is 19. The average molecular weight is 1350 g/mol. The number of H-pyrrole nitrogens is 1. The number of imide groups is 1. The number of anilines is 1. The Bertz CT molecular complexity index is 3470. The standard InChI is InChI=1S/C61H80N14O19S/c1-7-29(4)51-57(89)64-22-46(81)67-41-27-95(93)60-37(20-39(54(86)63-23-47(82)72-51)68-59(91)52(30(5)43(78)25-76)73-56(88)42-18-34(77)24-75(42)61(92)40(21-44(62)79)69-55(41)87)36-13-12-35(19-38(36)70-60)94-26-32-8-10-33(11-9-32)66-53(85)31(6)65-58(90)50(28(2)3)71-45(80)16-17-74-48(83)14-15-49(74)84/h8-15,19,28-31,34,39-43,50-52,70,76-78H,7,16-18,20-27H2,1-6H3,(H2,62,79)(H,63,86)(H,64,89)(H,65,90)(H,66,85)(H,67,81)(H,68,91)(H,69,87)(H,71,80)(H,72,82)(H,73,88)/t29-,30-,31-,34+,39?,40-,41?,42-,43-,50-,51-,52-,95?/m0/s1. The maximum absolute atomic E-state index is 15.2. The van der Waals surface area contributed by atoms with E-state index in [1.807, 2.05) is 0 Å². The summed E-state index contributed by atoms with van der Waals surface area (Å²) in [5, 5.41) is 57.1. The van der Waals surface area contributed by atoms with Gasteiger partial charge in [-0.2, -0.15) is 0 Å². The Labute approximate surface area is 547 Å². The topological polar surface area (TPSA) is 501 Å². The number of fused-ring (bicyclic) bond motifs is 5. The van der Waals surface area contributed by atoms with Crippen LogP contribution in [0.4, 0.5) is 5.69 Å². The first kappa shape index (κ1) is 72.9. The fourth-order valence-corrected chi connectivity index (χ4v) is 12.3. The zero-order valence-electron chi connectivity index (χ0n) is 52.9. The van der Waals surface area contributed by atoms with Crippen LogP contribution >= 0.6 is 0 Å². The number of nitrogens with zero attached hydrogens (tertiary/aromatic N) is 2. The van der Waals surface area contributed by atoms with E-state index in [1.165, 1.54) is 32.0 Å². The van der Waals surface area contributed by atoms with Crippen molar-refractivity contribution in [3.63, 3.8) is 0 Å². The highest BCUT2D eigenvalue weighted by atomic mass is 32.2. The van der Waals surface area contributed by atoms with Crippen LogP contribution in [0.2, 0.25) is 0 Å². The Morgan fingerprint density at radius 3 is 2.08 bits per heavy atom. The minimum atomic E-state index is -2.48. The number of aliphatic hydroxyl groups excluding tert-OH is 3. The summed E-state index contributed by atoms with van der Waals surface area (Å²) >= 11 is -2.48. The van der Waals surface area contributed by atoms with Crippen LogP contribution in [0.5, 0.6) is 5.75 Å². The van der Waals surface area contributed by atoms with Crippen LogP contribution in [-0.4, -0.2) is 216 Å². The zero-order valence-corrected chi connectivity index (χ0v) is 53.8. The molecule has 0 spiro atoms. The second-order valence-electron chi connectivity index (χ2n) is 24.0. The van der Waals surface area contributed by atoms with E-state index in [0.717, 1.165) is 22.0 Å². The van der Waals surface area contributed by atoms with Gasteiger partial charge in [0.15, 0.2) is 6.04 Å². The van der Waals surface area contributed by atoms with Gasteiger partial charge < -0.3 is 93.4 Å². The summed E-state index contributed by atoms with van der Waals surface area (Å²) in [6, 6.07) is -1.55. The Balaban J connectivity index is 1.19. The number of primary amides is 1. The number of aromatic amines is 1. The highest BCUT2D eigenvalue weighted by Gasteiger charge is 2.46. The normalized spacial score (nSPS) is 24.3. The van der Waals surface area contributed by atoms with Gasteiger partial charge in [0.1, 0.15) is 60.4 Å². The van der Waals surface area contributed by atoms with Gasteiger partial charge in [-0.1, -0.05) is 53.2 Å². The monoisotopic (exact) mass is 1340 g/mol. The Morgan fingerprint density at radius 2 is 1.44 bits per heavy atom. The maximum Gasteiger partial charge on any atom is 0.253 e. The molecule has 1 aromatic heterocycles. The lowest BCUT2D eigenvalue weighted by Crippen LogP contribution is -2.62. The van der Waals surface area contributed by atoms with Crippen molar-refractivity contribution in [3.05, 3.63) is 65.7 Å². The van der Waals surface area contributed by atoms with Gasteiger partial charge in [-0.3, -0.25) is 72.0 Å². The van der Waals surface area contributed by atoms with Crippen molar-refractivity contribution in [1.29, 1.82) is 0 Å². The van der Waals surface area contributed by atoms with E-state index in [0.29, 0.717) is 17.7 Å². The molecule has 7 rings (SSSR count). The maximum atomic E-state index is 15.2.